The van der Waals surface area contributed by atoms with Gasteiger partial charge in [0, 0.05) is 16.8 Å². The fourth-order valence-corrected chi connectivity index (χ4v) is 2.81. The van der Waals surface area contributed by atoms with Crippen LogP contribution in [0.15, 0.2) is 42.5 Å². The van der Waals surface area contributed by atoms with Gasteiger partial charge in [-0.1, -0.05) is 30.2 Å². The Morgan fingerprint density at radius 1 is 1.24 bits per heavy atom. The van der Waals surface area contributed by atoms with Gasteiger partial charge in [0.15, 0.2) is 0 Å². The molecule has 1 atom stereocenters. The Morgan fingerprint density at radius 3 is 2.95 bits per heavy atom. The Morgan fingerprint density at radius 2 is 2.10 bits per heavy atom. The van der Waals surface area contributed by atoms with Gasteiger partial charge in [-0.05, 0) is 43.5 Å². The first-order valence-electron chi connectivity index (χ1n) is 7.33. The van der Waals surface area contributed by atoms with Gasteiger partial charge in [0.05, 0.1) is 12.6 Å². The van der Waals surface area contributed by atoms with Crippen LogP contribution in [0.1, 0.15) is 35.6 Å². The fourth-order valence-electron chi connectivity index (χ4n) is 2.81. The normalized spacial score (nSPS) is 17.0. The predicted molar refractivity (Wildman–Crippen MR) is 86.6 cm³/mol. The molecule has 2 heteroatoms. The van der Waals surface area contributed by atoms with Crippen LogP contribution >= 0.6 is 0 Å². The highest BCUT2D eigenvalue weighted by Crippen LogP contribution is 2.36. The van der Waals surface area contributed by atoms with Gasteiger partial charge in [0.25, 0.3) is 0 Å². The second-order valence-corrected chi connectivity index (χ2v) is 5.41. The molecule has 0 saturated heterocycles. The van der Waals surface area contributed by atoms with Gasteiger partial charge < -0.3 is 10.1 Å². The van der Waals surface area contributed by atoms with Gasteiger partial charge in [0.2, 0.25) is 0 Å². The molecule has 1 heterocycles. The zero-order valence-corrected chi connectivity index (χ0v) is 12.2. The Balaban J connectivity index is 1.92. The topological polar surface area (TPSA) is 21.3 Å². The standard InChI is InChI=1S/C19H19NO/c1-3-15-8-5-9-16(13-15)20-18-11-6-12-21-19-14(2)7-4-10-17(18)19/h1,4-5,7-10,13,18,20H,6,11-12H2,2H3. The van der Waals surface area contributed by atoms with Gasteiger partial charge in [0.1, 0.15) is 5.75 Å². The lowest BCUT2D eigenvalue weighted by Crippen LogP contribution is -2.10. The first kappa shape index (κ1) is 13.6. The lowest BCUT2D eigenvalue weighted by molar-refractivity contribution is 0.314. The molecule has 2 aromatic rings. The van der Waals surface area contributed by atoms with E-state index < -0.39 is 0 Å². The molecule has 21 heavy (non-hydrogen) atoms. The second-order valence-electron chi connectivity index (χ2n) is 5.41. The van der Waals surface area contributed by atoms with Crippen molar-refractivity contribution in [1.82, 2.24) is 0 Å². The van der Waals surface area contributed by atoms with Crippen molar-refractivity contribution in [3.05, 3.63) is 59.2 Å². The van der Waals surface area contributed by atoms with Gasteiger partial charge in [-0.15, -0.1) is 6.42 Å². The Bertz CT molecular complexity index is 684. The first-order valence-corrected chi connectivity index (χ1v) is 7.33. The van der Waals surface area contributed by atoms with Crippen LogP contribution in [0.5, 0.6) is 5.75 Å². The highest BCUT2D eigenvalue weighted by Gasteiger charge is 2.20. The van der Waals surface area contributed by atoms with Crippen molar-refractivity contribution < 1.29 is 4.74 Å². The molecule has 1 aliphatic rings. The van der Waals surface area contributed by atoms with Crippen LogP contribution in [0.4, 0.5) is 5.69 Å². The minimum absolute atomic E-state index is 0.260. The number of hydrogen-bond acceptors (Lipinski definition) is 2. The minimum atomic E-state index is 0.260. The molecule has 1 N–H and O–H groups in total. The summed E-state index contributed by atoms with van der Waals surface area (Å²) in [6.45, 7) is 2.88. The van der Waals surface area contributed by atoms with E-state index in [-0.39, 0.29) is 6.04 Å². The molecule has 0 aliphatic carbocycles. The Kier molecular flexibility index (Phi) is 3.83. The number of ether oxygens (including phenoxy) is 1. The number of para-hydroxylation sites is 1. The molecule has 3 rings (SSSR count). The van der Waals surface area contributed by atoms with Crippen molar-refractivity contribution in [2.24, 2.45) is 0 Å². The molecule has 0 spiro atoms. The summed E-state index contributed by atoms with van der Waals surface area (Å²) in [7, 11) is 0. The van der Waals surface area contributed by atoms with Crippen molar-refractivity contribution >= 4 is 5.69 Å². The maximum absolute atomic E-state index is 5.92. The molecule has 0 radical (unpaired) electrons. The smallest absolute Gasteiger partial charge is 0.127 e. The summed E-state index contributed by atoms with van der Waals surface area (Å²) in [4.78, 5) is 0. The largest absolute Gasteiger partial charge is 0.493 e. The summed E-state index contributed by atoms with van der Waals surface area (Å²) >= 11 is 0. The number of hydrogen-bond donors (Lipinski definition) is 1. The van der Waals surface area contributed by atoms with E-state index in [0.29, 0.717) is 0 Å². The van der Waals surface area contributed by atoms with Crippen LogP contribution < -0.4 is 10.1 Å². The number of nitrogens with one attached hydrogen (secondary N) is 1. The maximum Gasteiger partial charge on any atom is 0.127 e. The third-order valence-electron chi connectivity index (χ3n) is 3.87. The van der Waals surface area contributed by atoms with Crippen LogP contribution in [0.2, 0.25) is 0 Å². The highest BCUT2D eigenvalue weighted by atomic mass is 16.5. The summed E-state index contributed by atoms with van der Waals surface area (Å²) < 4.78 is 5.92. The molecule has 1 aliphatic heterocycles. The van der Waals surface area contributed by atoms with E-state index >= 15 is 0 Å². The lowest BCUT2D eigenvalue weighted by Gasteiger charge is -2.20. The molecule has 2 nitrogen and oxygen atoms in total. The summed E-state index contributed by atoms with van der Waals surface area (Å²) in [6, 6.07) is 14.6. The van der Waals surface area contributed by atoms with Crippen molar-refractivity contribution in [3.8, 4) is 18.1 Å². The SMILES string of the molecule is C#Cc1cccc(NC2CCCOc3c(C)cccc32)c1. The zero-order valence-electron chi connectivity index (χ0n) is 12.2. The van der Waals surface area contributed by atoms with Gasteiger partial charge >= 0.3 is 0 Å². The lowest BCUT2D eigenvalue weighted by atomic mass is 9.99. The number of terminal acetylenes is 1. The van der Waals surface area contributed by atoms with Crippen molar-refractivity contribution in [2.45, 2.75) is 25.8 Å². The third-order valence-corrected chi connectivity index (χ3v) is 3.87. The van der Waals surface area contributed by atoms with Crippen molar-refractivity contribution in [1.29, 1.82) is 0 Å². The highest BCUT2D eigenvalue weighted by molar-refractivity contribution is 5.53. The molecule has 2 aromatic carbocycles. The Hall–Kier alpha value is -2.40. The van der Waals surface area contributed by atoms with Crippen LogP contribution in [-0.2, 0) is 0 Å². The first-order chi connectivity index (χ1) is 10.3. The molecule has 0 bridgehead atoms. The molecular formula is C19H19NO. The number of rotatable bonds is 2. The average Bonchev–Trinajstić information content (AvgIpc) is 2.71. The maximum atomic E-state index is 5.92. The summed E-state index contributed by atoms with van der Waals surface area (Å²) in [5.74, 6) is 3.71. The molecule has 1 unspecified atom stereocenters. The quantitative estimate of drug-likeness (QED) is 0.826. The van der Waals surface area contributed by atoms with E-state index in [1.165, 1.54) is 11.1 Å². The molecule has 0 amide bonds. The number of fused-ring (bicyclic) bond motifs is 1. The number of benzene rings is 2. The Labute approximate surface area is 126 Å². The fraction of sp³-hybridized carbons (Fsp3) is 0.263. The zero-order chi connectivity index (χ0) is 14.7. The summed E-state index contributed by atoms with van der Waals surface area (Å²) in [5, 5.41) is 3.60. The van der Waals surface area contributed by atoms with Gasteiger partial charge in [-0.2, -0.15) is 0 Å². The number of anilines is 1. The number of aryl methyl sites for hydroxylation is 1. The van der Waals surface area contributed by atoms with E-state index in [0.717, 1.165) is 36.4 Å². The predicted octanol–water partition coefficient (Wildman–Crippen LogP) is 4.30. The van der Waals surface area contributed by atoms with E-state index in [9.17, 15) is 0 Å². The summed E-state index contributed by atoms with van der Waals surface area (Å²) in [6.07, 6.45) is 7.57. The van der Waals surface area contributed by atoms with Crippen LogP contribution in [0.3, 0.4) is 0 Å². The van der Waals surface area contributed by atoms with Crippen LogP contribution in [0, 0.1) is 19.3 Å². The van der Waals surface area contributed by atoms with Crippen LogP contribution in [0.25, 0.3) is 0 Å². The summed E-state index contributed by atoms with van der Waals surface area (Å²) in [5.41, 5.74) is 4.39. The molecule has 0 fully saturated rings. The monoisotopic (exact) mass is 277 g/mol. The average molecular weight is 277 g/mol. The van der Waals surface area contributed by atoms with E-state index in [1.54, 1.807) is 0 Å². The van der Waals surface area contributed by atoms with Gasteiger partial charge in [-0.3, -0.25) is 0 Å². The van der Waals surface area contributed by atoms with Crippen LogP contribution in [-0.4, -0.2) is 6.61 Å². The molecule has 106 valence electrons. The second kappa shape index (κ2) is 5.93. The third kappa shape index (κ3) is 2.87. The molecule has 0 aromatic heterocycles. The van der Waals surface area contributed by atoms with E-state index in [4.69, 9.17) is 11.2 Å². The molecule has 0 saturated carbocycles. The van der Waals surface area contributed by atoms with Crippen molar-refractivity contribution in [3.63, 3.8) is 0 Å². The van der Waals surface area contributed by atoms with E-state index in [2.05, 4.69) is 42.4 Å². The van der Waals surface area contributed by atoms with Crippen molar-refractivity contribution in [2.75, 3.05) is 11.9 Å². The van der Waals surface area contributed by atoms with E-state index in [1.807, 2.05) is 18.2 Å². The molecular weight excluding hydrogens is 258 g/mol. The van der Waals surface area contributed by atoms with Gasteiger partial charge in [-0.25, -0.2) is 0 Å². The minimum Gasteiger partial charge on any atom is -0.493 e.